The quantitative estimate of drug-likeness (QED) is 0.803. The Hall–Kier alpha value is -2.15. The molecule has 20 heavy (non-hydrogen) atoms. The van der Waals surface area contributed by atoms with E-state index in [1.807, 2.05) is 13.8 Å². The van der Waals surface area contributed by atoms with Gasteiger partial charge in [-0.05, 0) is 18.1 Å². The fourth-order valence-electron chi connectivity index (χ4n) is 1.74. The number of carbonyl (C=O) groups excluding carboxylic acids is 1. The van der Waals surface area contributed by atoms with Crippen LogP contribution in [0.5, 0.6) is 0 Å². The Labute approximate surface area is 116 Å². The molecule has 1 atom stereocenters. The van der Waals surface area contributed by atoms with Crippen LogP contribution in [-0.2, 0) is 16.1 Å². The molecule has 2 aromatic heterocycles. The van der Waals surface area contributed by atoms with Gasteiger partial charge in [0, 0.05) is 0 Å². The van der Waals surface area contributed by atoms with Crippen molar-refractivity contribution in [2.24, 2.45) is 5.92 Å². The van der Waals surface area contributed by atoms with Gasteiger partial charge in [0.15, 0.2) is 5.76 Å². The zero-order valence-corrected chi connectivity index (χ0v) is 11.6. The molecule has 0 radical (unpaired) electrons. The highest BCUT2D eigenvalue weighted by Gasteiger charge is 2.23. The molecule has 1 unspecified atom stereocenters. The van der Waals surface area contributed by atoms with Gasteiger partial charge < -0.3 is 13.6 Å². The number of nitrogens with one attached hydrogen (secondary N) is 1. The molecule has 108 valence electrons. The Morgan fingerprint density at radius 2 is 2.25 bits per heavy atom. The number of aromatic nitrogens is 2. The van der Waals surface area contributed by atoms with Crippen LogP contribution in [0.2, 0.25) is 0 Å². The number of ether oxygens (including phenoxy) is 1. The predicted octanol–water partition coefficient (Wildman–Crippen LogP) is 1.62. The van der Waals surface area contributed by atoms with E-state index in [9.17, 15) is 4.79 Å². The summed E-state index contributed by atoms with van der Waals surface area (Å²) in [5.41, 5.74) is 0. The van der Waals surface area contributed by atoms with Gasteiger partial charge in [-0.25, -0.2) is 0 Å². The van der Waals surface area contributed by atoms with Gasteiger partial charge in [0.2, 0.25) is 5.89 Å². The second kappa shape index (κ2) is 6.33. The van der Waals surface area contributed by atoms with E-state index in [2.05, 4.69) is 15.5 Å². The van der Waals surface area contributed by atoms with Gasteiger partial charge in [0.05, 0.1) is 19.9 Å². The van der Waals surface area contributed by atoms with Crippen LogP contribution in [0.15, 0.2) is 27.2 Å². The van der Waals surface area contributed by atoms with Crippen LogP contribution in [0.3, 0.4) is 0 Å². The summed E-state index contributed by atoms with van der Waals surface area (Å²) in [6, 6.07) is 3.05. The summed E-state index contributed by atoms with van der Waals surface area (Å²) in [5, 5.41) is 10.8. The maximum Gasteiger partial charge on any atom is 0.323 e. The van der Waals surface area contributed by atoms with Crippen molar-refractivity contribution in [1.82, 2.24) is 15.5 Å². The van der Waals surface area contributed by atoms with Crippen molar-refractivity contribution in [3.8, 4) is 11.7 Å². The zero-order chi connectivity index (χ0) is 14.5. The zero-order valence-electron chi connectivity index (χ0n) is 11.6. The highest BCUT2D eigenvalue weighted by atomic mass is 16.5. The predicted molar refractivity (Wildman–Crippen MR) is 69.5 cm³/mol. The molecule has 0 saturated heterocycles. The minimum atomic E-state index is -0.418. The number of hydrogen-bond donors (Lipinski definition) is 1. The molecule has 2 aromatic rings. The molecule has 0 fully saturated rings. The Morgan fingerprint density at radius 3 is 2.85 bits per heavy atom. The van der Waals surface area contributed by atoms with Crippen LogP contribution < -0.4 is 5.32 Å². The fraction of sp³-hybridized carbons (Fsp3) is 0.462. The minimum absolute atomic E-state index is 0.0925. The maximum absolute atomic E-state index is 11.6. The largest absolute Gasteiger partial charge is 0.468 e. The first-order valence-electron chi connectivity index (χ1n) is 6.29. The number of rotatable bonds is 6. The molecule has 0 bridgehead atoms. The third-order valence-electron chi connectivity index (χ3n) is 2.79. The molecule has 0 amide bonds. The van der Waals surface area contributed by atoms with Gasteiger partial charge in [-0.15, -0.1) is 10.2 Å². The number of esters is 1. The van der Waals surface area contributed by atoms with Crippen molar-refractivity contribution in [2.45, 2.75) is 26.4 Å². The van der Waals surface area contributed by atoms with Crippen LogP contribution >= 0.6 is 0 Å². The fourth-order valence-corrected chi connectivity index (χ4v) is 1.74. The Bertz CT molecular complexity index is 548. The lowest BCUT2D eigenvalue weighted by molar-refractivity contribution is -0.144. The summed E-state index contributed by atoms with van der Waals surface area (Å²) in [6.45, 7) is 4.14. The second-order valence-electron chi connectivity index (χ2n) is 4.60. The van der Waals surface area contributed by atoms with E-state index >= 15 is 0 Å². The van der Waals surface area contributed by atoms with Crippen LogP contribution in [0, 0.1) is 5.92 Å². The highest BCUT2D eigenvalue weighted by Crippen LogP contribution is 2.17. The summed E-state index contributed by atoms with van der Waals surface area (Å²) < 4.78 is 15.3. The second-order valence-corrected chi connectivity index (χ2v) is 4.60. The summed E-state index contributed by atoms with van der Waals surface area (Å²) in [5.74, 6) is 0.981. The third kappa shape index (κ3) is 3.24. The molecule has 1 N–H and O–H groups in total. The van der Waals surface area contributed by atoms with Gasteiger partial charge in [0.1, 0.15) is 6.04 Å². The lowest BCUT2D eigenvalue weighted by Crippen LogP contribution is -2.41. The molecule has 0 aromatic carbocycles. The number of hydrogen-bond acceptors (Lipinski definition) is 7. The van der Waals surface area contributed by atoms with Crippen molar-refractivity contribution < 1.29 is 18.4 Å². The minimum Gasteiger partial charge on any atom is -0.468 e. The summed E-state index contributed by atoms with van der Waals surface area (Å²) >= 11 is 0. The van der Waals surface area contributed by atoms with Gasteiger partial charge in [-0.3, -0.25) is 10.1 Å². The van der Waals surface area contributed by atoms with E-state index in [0.29, 0.717) is 17.5 Å². The lowest BCUT2D eigenvalue weighted by Gasteiger charge is -2.18. The number of nitrogens with zero attached hydrogens (tertiary/aromatic N) is 2. The lowest BCUT2D eigenvalue weighted by atomic mass is 10.1. The van der Waals surface area contributed by atoms with E-state index < -0.39 is 6.04 Å². The Kier molecular flexibility index (Phi) is 4.52. The third-order valence-corrected chi connectivity index (χ3v) is 2.79. The average Bonchev–Trinajstić information content (AvgIpc) is 3.08. The van der Waals surface area contributed by atoms with Crippen molar-refractivity contribution in [3.63, 3.8) is 0 Å². The summed E-state index contributed by atoms with van der Waals surface area (Å²) in [7, 11) is 1.36. The van der Waals surface area contributed by atoms with E-state index in [0.717, 1.165) is 0 Å². The van der Waals surface area contributed by atoms with Crippen LogP contribution in [0.1, 0.15) is 19.7 Å². The van der Waals surface area contributed by atoms with E-state index in [1.165, 1.54) is 13.4 Å². The normalized spacial score (nSPS) is 12.6. The van der Waals surface area contributed by atoms with Crippen LogP contribution in [0.4, 0.5) is 0 Å². The van der Waals surface area contributed by atoms with Crippen molar-refractivity contribution in [2.75, 3.05) is 7.11 Å². The van der Waals surface area contributed by atoms with Crippen LogP contribution in [-0.4, -0.2) is 29.3 Å². The molecule has 2 rings (SSSR count). The molecule has 7 heteroatoms. The SMILES string of the molecule is COC(=O)C(NCc1nnc(-c2ccco2)o1)C(C)C. The molecule has 2 heterocycles. The summed E-state index contributed by atoms with van der Waals surface area (Å²) in [4.78, 5) is 11.6. The first-order chi connectivity index (χ1) is 9.61. The first-order valence-corrected chi connectivity index (χ1v) is 6.29. The Balaban J connectivity index is 1.98. The summed E-state index contributed by atoms with van der Waals surface area (Å²) in [6.07, 6.45) is 1.53. The molecule has 7 nitrogen and oxygen atoms in total. The van der Waals surface area contributed by atoms with Crippen molar-refractivity contribution in [1.29, 1.82) is 0 Å². The van der Waals surface area contributed by atoms with Crippen molar-refractivity contribution in [3.05, 3.63) is 24.3 Å². The maximum atomic E-state index is 11.6. The smallest absolute Gasteiger partial charge is 0.323 e. The first kappa shape index (κ1) is 14.3. The van der Waals surface area contributed by atoms with E-state index in [4.69, 9.17) is 13.6 Å². The highest BCUT2D eigenvalue weighted by molar-refractivity contribution is 5.75. The average molecular weight is 279 g/mol. The number of furan rings is 1. The molecule has 0 aliphatic heterocycles. The Morgan fingerprint density at radius 1 is 1.45 bits per heavy atom. The molecule has 0 spiro atoms. The molecule has 0 aliphatic carbocycles. The number of carbonyl (C=O) groups is 1. The molecular weight excluding hydrogens is 262 g/mol. The number of methoxy groups -OCH3 is 1. The standard InChI is InChI=1S/C13H17N3O4/c1-8(2)11(13(17)18-3)14-7-10-15-16-12(20-10)9-5-4-6-19-9/h4-6,8,11,14H,7H2,1-3H3. The van der Waals surface area contributed by atoms with Crippen molar-refractivity contribution >= 4 is 5.97 Å². The topological polar surface area (TPSA) is 90.4 Å². The van der Waals surface area contributed by atoms with E-state index in [1.54, 1.807) is 12.1 Å². The molecule has 0 saturated carbocycles. The van der Waals surface area contributed by atoms with Crippen LogP contribution in [0.25, 0.3) is 11.7 Å². The van der Waals surface area contributed by atoms with Gasteiger partial charge in [-0.1, -0.05) is 13.8 Å². The molecule has 0 aliphatic rings. The van der Waals surface area contributed by atoms with Gasteiger partial charge >= 0.3 is 5.97 Å². The van der Waals surface area contributed by atoms with Gasteiger partial charge in [0.25, 0.3) is 5.89 Å². The molecular formula is C13H17N3O4. The van der Waals surface area contributed by atoms with E-state index in [-0.39, 0.29) is 18.4 Å². The monoisotopic (exact) mass is 279 g/mol. The van der Waals surface area contributed by atoms with Gasteiger partial charge in [-0.2, -0.15) is 0 Å².